The van der Waals surface area contributed by atoms with E-state index in [0.29, 0.717) is 6.04 Å². The molecule has 0 amide bonds. The largest absolute Gasteiger partial charge is 0.357 e. The van der Waals surface area contributed by atoms with Crippen molar-refractivity contribution in [3.05, 3.63) is 41.7 Å². The fourth-order valence-electron chi connectivity index (χ4n) is 2.04. The van der Waals surface area contributed by atoms with E-state index in [4.69, 9.17) is 0 Å². The van der Waals surface area contributed by atoms with Gasteiger partial charge >= 0.3 is 0 Å². The Balaban J connectivity index is 1.80. The van der Waals surface area contributed by atoms with Gasteiger partial charge in [-0.15, -0.1) is 0 Å². The van der Waals surface area contributed by atoms with Crippen LogP contribution in [0.4, 0.5) is 5.13 Å². The lowest BCUT2D eigenvalue weighted by Crippen LogP contribution is -2.31. The first-order valence-electron chi connectivity index (χ1n) is 6.43. The normalized spacial score (nSPS) is 12.6. The standard InChI is InChI=1S/C14H20N4S/c1-11(15-14-16-12(2)17-19-14)9-18(3)10-13-7-5-4-6-8-13/h4-8,11H,9-10H2,1-3H3,(H,15,16,17). The van der Waals surface area contributed by atoms with Crippen molar-refractivity contribution < 1.29 is 0 Å². The predicted octanol–water partition coefficient (Wildman–Crippen LogP) is 2.78. The molecular formula is C14H20N4S. The number of nitrogens with zero attached hydrogens (tertiary/aromatic N) is 3. The number of aryl methyl sites for hydroxylation is 1. The minimum atomic E-state index is 0.348. The Labute approximate surface area is 118 Å². The van der Waals surface area contributed by atoms with Crippen molar-refractivity contribution in [2.45, 2.75) is 26.4 Å². The maximum atomic E-state index is 4.32. The van der Waals surface area contributed by atoms with Crippen molar-refractivity contribution >= 4 is 16.7 Å². The second kappa shape index (κ2) is 6.63. The third-order valence-electron chi connectivity index (χ3n) is 2.78. The van der Waals surface area contributed by atoms with E-state index >= 15 is 0 Å². The molecule has 0 saturated heterocycles. The maximum Gasteiger partial charge on any atom is 0.202 e. The molecule has 0 aliphatic carbocycles. The van der Waals surface area contributed by atoms with Gasteiger partial charge in [-0.3, -0.25) is 0 Å². The maximum absolute atomic E-state index is 4.32. The summed E-state index contributed by atoms with van der Waals surface area (Å²) in [4.78, 5) is 6.63. The highest BCUT2D eigenvalue weighted by atomic mass is 32.1. The van der Waals surface area contributed by atoms with Crippen LogP contribution in [-0.2, 0) is 6.54 Å². The average molecular weight is 276 g/mol. The number of rotatable bonds is 6. The van der Waals surface area contributed by atoms with Gasteiger partial charge in [-0.25, -0.2) is 4.98 Å². The van der Waals surface area contributed by atoms with E-state index in [0.717, 1.165) is 24.0 Å². The Kier molecular flexibility index (Phi) is 4.87. The van der Waals surface area contributed by atoms with Gasteiger partial charge in [-0.05, 0) is 26.5 Å². The zero-order chi connectivity index (χ0) is 13.7. The quantitative estimate of drug-likeness (QED) is 0.881. The fraction of sp³-hybridized carbons (Fsp3) is 0.429. The molecule has 1 unspecified atom stereocenters. The third kappa shape index (κ3) is 4.61. The van der Waals surface area contributed by atoms with Crippen molar-refractivity contribution in [2.75, 3.05) is 18.9 Å². The van der Waals surface area contributed by atoms with Gasteiger partial charge in [0.05, 0.1) is 0 Å². The van der Waals surface area contributed by atoms with Crippen molar-refractivity contribution in [1.29, 1.82) is 0 Å². The lowest BCUT2D eigenvalue weighted by molar-refractivity contribution is 0.316. The molecule has 2 rings (SSSR count). The van der Waals surface area contributed by atoms with Gasteiger partial charge in [0, 0.05) is 30.7 Å². The number of anilines is 1. The molecule has 0 spiro atoms. The van der Waals surface area contributed by atoms with E-state index in [1.54, 1.807) is 0 Å². The summed E-state index contributed by atoms with van der Waals surface area (Å²) in [6.45, 7) is 6.00. The van der Waals surface area contributed by atoms with Gasteiger partial charge in [0.2, 0.25) is 5.13 Å². The summed E-state index contributed by atoms with van der Waals surface area (Å²) in [6.07, 6.45) is 0. The number of aromatic nitrogens is 2. The molecule has 0 aliphatic rings. The van der Waals surface area contributed by atoms with Crippen LogP contribution in [0.3, 0.4) is 0 Å². The van der Waals surface area contributed by atoms with Gasteiger partial charge in [0.1, 0.15) is 5.82 Å². The molecule has 1 aromatic heterocycles. The van der Waals surface area contributed by atoms with Crippen molar-refractivity contribution in [2.24, 2.45) is 0 Å². The Hall–Kier alpha value is -1.46. The first-order chi connectivity index (χ1) is 9.13. The Morgan fingerprint density at radius 1 is 1.32 bits per heavy atom. The van der Waals surface area contributed by atoms with Gasteiger partial charge in [-0.1, -0.05) is 30.3 Å². The zero-order valence-electron chi connectivity index (χ0n) is 11.6. The first-order valence-corrected chi connectivity index (χ1v) is 7.20. The molecule has 0 bridgehead atoms. The summed E-state index contributed by atoms with van der Waals surface area (Å²) in [5.74, 6) is 0.831. The van der Waals surface area contributed by atoms with Gasteiger partial charge < -0.3 is 10.2 Å². The molecular weight excluding hydrogens is 256 g/mol. The molecule has 0 radical (unpaired) electrons. The summed E-state index contributed by atoms with van der Waals surface area (Å²) >= 11 is 1.42. The molecule has 102 valence electrons. The summed E-state index contributed by atoms with van der Waals surface area (Å²) in [5, 5.41) is 4.28. The van der Waals surface area contributed by atoms with Crippen molar-refractivity contribution in [3.63, 3.8) is 0 Å². The van der Waals surface area contributed by atoms with Crippen LogP contribution in [0.15, 0.2) is 30.3 Å². The first kappa shape index (κ1) is 14.0. The fourth-order valence-corrected chi connectivity index (χ4v) is 2.73. The lowest BCUT2D eigenvalue weighted by Gasteiger charge is -2.21. The van der Waals surface area contributed by atoms with E-state index in [-0.39, 0.29) is 0 Å². The molecule has 19 heavy (non-hydrogen) atoms. The van der Waals surface area contributed by atoms with Gasteiger partial charge in [0.25, 0.3) is 0 Å². The van der Waals surface area contributed by atoms with Crippen LogP contribution in [0.1, 0.15) is 18.3 Å². The smallest absolute Gasteiger partial charge is 0.202 e. The van der Waals surface area contributed by atoms with E-state index in [2.05, 4.69) is 57.8 Å². The predicted molar refractivity (Wildman–Crippen MR) is 80.5 cm³/mol. The van der Waals surface area contributed by atoms with Crippen LogP contribution < -0.4 is 5.32 Å². The molecule has 0 aliphatic heterocycles. The second-order valence-corrected chi connectivity index (χ2v) is 5.63. The van der Waals surface area contributed by atoms with E-state index in [9.17, 15) is 0 Å². The van der Waals surface area contributed by atoms with Crippen LogP contribution in [0.2, 0.25) is 0 Å². The van der Waals surface area contributed by atoms with Gasteiger partial charge in [-0.2, -0.15) is 4.37 Å². The van der Waals surface area contributed by atoms with E-state index in [1.807, 2.05) is 13.0 Å². The topological polar surface area (TPSA) is 41.1 Å². The molecule has 1 atom stereocenters. The highest BCUT2D eigenvalue weighted by molar-refractivity contribution is 7.09. The number of hydrogen-bond donors (Lipinski definition) is 1. The Bertz CT molecular complexity index is 497. The highest BCUT2D eigenvalue weighted by Gasteiger charge is 2.09. The average Bonchev–Trinajstić information content (AvgIpc) is 2.75. The number of nitrogens with one attached hydrogen (secondary N) is 1. The number of hydrogen-bond acceptors (Lipinski definition) is 5. The number of likely N-dealkylation sites (N-methyl/N-ethyl adjacent to an activating group) is 1. The summed E-state index contributed by atoms with van der Waals surface area (Å²) in [7, 11) is 2.14. The van der Waals surface area contributed by atoms with Crippen LogP contribution in [0, 0.1) is 6.92 Å². The van der Waals surface area contributed by atoms with Crippen molar-refractivity contribution in [1.82, 2.24) is 14.3 Å². The van der Waals surface area contributed by atoms with E-state index < -0.39 is 0 Å². The van der Waals surface area contributed by atoms with Crippen LogP contribution >= 0.6 is 11.5 Å². The molecule has 0 saturated carbocycles. The van der Waals surface area contributed by atoms with Crippen molar-refractivity contribution in [3.8, 4) is 0 Å². The lowest BCUT2D eigenvalue weighted by atomic mass is 10.2. The molecule has 2 aromatic rings. The second-order valence-electron chi connectivity index (χ2n) is 4.87. The molecule has 5 heteroatoms. The minimum absolute atomic E-state index is 0.348. The monoisotopic (exact) mass is 276 g/mol. The minimum Gasteiger partial charge on any atom is -0.357 e. The van der Waals surface area contributed by atoms with E-state index in [1.165, 1.54) is 17.1 Å². The summed E-state index contributed by atoms with van der Waals surface area (Å²) in [6, 6.07) is 10.9. The van der Waals surface area contributed by atoms with Crippen LogP contribution in [0.5, 0.6) is 0 Å². The third-order valence-corrected chi connectivity index (χ3v) is 3.52. The Morgan fingerprint density at radius 2 is 2.05 bits per heavy atom. The molecule has 0 fully saturated rings. The zero-order valence-corrected chi connectivity index (χ0v) is 12.4. The van der Waals surface area contributed by atoms with Crippen LogP contribution in [-0.4, -0.2) is 33.9 Å². The molecule has 1 heterocycles. The highest BCUT2D eigenvalue weighted by Crippen LogP contribution is 2.12. The molecule has 1 N–H and O–H groups in total. The van der Waals surface area contributed by atoms with Crippen LogP contribution in [0.25, 0.3) is 0 Å². The summed E-state index contributed by atoms with van der Waals surface area (Å²) in [5.41, 5.74) is 1.34. The molecule has 1 aromatic carbocycles. The van der Waals surface area contributed by atoms with Gasteiger partial charge in [0.15, 0.2) is 0 Å². The summed E-state index contributed by atoms with van der Waals surface area (Å²) < 4.78 is 4.17. The number of benzene rings is 1. The SMILES string of the molecule is Cc1nsc(NC(C)CN(C)Cc2ccccc2)n1. The molecule has 4 nitrogen and oxygen atoms in total. The Morgan fingerprint density at radius 3 is 2.68 bits per heavy atom.